The number of likely N-dealkylation sites (N-methyl/N-ethyl adjacent to an activating group) is 1. The molecule has 3 amide bonds. The predicted octanol–water partition coefficient (Wildman–Crippen LogP) is 0.968. The van der Waals surface area contributed by atoms with Gasteiger partial charge in [0.25, 0.3) is 0 Å². The highest BCUT2D eigenvalue weighted by Gasteiger charge is 2.16. The van der Waals surface area contributed by atoms with Gasteiger partial charge in [-0.05, 0) is 25.5 Å². The van der Waals surface area contributed by atoms with E-state index in [0.29, 0.717) is 0 Å². The monoisotopic (exact) mass is 264 g/mol. The number of hydrogen-bond acceptors (Lipinski definition) is 3. The van der Waals surface area contributed by atoms with E-state index in [-0.39, 0.29) is 18.5 Å². The SMILES string of the molecule is CC[C@H](NC(=O)CN(C)C(N)=O)c1cccc(C)n1. The zero-order valence-corrected chi connectivity index (χ0v) is 11.5. The third-order valence-corrected chi connectivity index (χ3v) is 2.77. The van der Waals surface area contributed by atoms with Crippen molar-refractivity contribution < 1.29 is 9.59 Å². The topological polar surface area (TPSA) is 88.3 Å². The fraction of sp³-hybridized carbons (Fsp3) is 0.462. The van der Waals surface area contributed by atoms with Crippen molar-refractivity contribution in [3.63, 3.8) is 0 Å². The summed E-state index contributed by atoms with van der Waals surface area (Å²) in [5, 5.41) is 2.85. The molecule has 0 unspecified atom stereocenters. The molecule has 0 saturated carbocycles. The summed E-state index contributed by atoms with van der Waals surface area (Å²) in [6.45, 7) is 3.81. The van der Waals surface area contributed by atoms with Gasteiger partial charge in [-0.1, -0.05) is 13.0 Å². The lowest BCUT2D eigenvalue weighted by molar-refractivity contribution is -0.122. The van der Waals surface area contributed by atoms with E-state index in [4.69, 9.17) is 5.73 Å². The Morgan fingerprint density at radius 3 is 2.68 bits per heavy atom. The lowest BCUT2D eigenvalue weighted by atomic mass is 10.1. The molecule has 0 aliphatic carbocycles. The Balaban J connectivity index is 2.67. The first kappa shape index (κ1) is 14.9. The maximum atomic E-state index is 11.8. The number of rotatable bonds is 5. The second-order valence-corrected chi connectivity index (χ2v) is 4.43. The molecule has 0 aromatic carbocycles. The largest absolute Gasteiger partial charge is 0.351 e. The molecule has 0 bridgehead atoms. The second-order valence-electron chi connectivity index (χ2n) is 4.43. The molecule has 1 heterocycles. The van der Waals surface area contributed by atoms with E-state index >= 15 is 0 Å². The summed E-state index contributed by atoms with van der Waals surface area (Å²) in [5.41, 5.74) is 6.79. The summed E-state index contributed by atoms with van der Waals surface area (Å²) in [6.07, 6.45) is 0.725. The van der Waals surface area contributed by atoms with Gasteiger partial charge in [0.15, 0.2) is 0 Å². The molecule has 1 rings (SSSR count). The Morgan fingerprint density at radius 1 is 1.47 bits per heavy atom. The zero-order valence-electron chi connectivity index (χ0n) is 11.5. The smallest absolute Gasteiger partial charge is 0.314 e. The van der Waals surface area contributed by atoms with Crippen LogP contribution < -0.4 is 11.1 Å². The van der Waals surface area contributed by atoms with Gasteiger partial charge in [-0.2, -0.15) is 0 Å². The molecular formula is C13H20N4O2. The molecular weight excluding hydrogens is 244 g/mol. The number of nitrogens with zero attached hydrogens (tertiary/aromatic N) is 2. The maximum Gasteiger partial charge on any atom is 0.314 e. The van der Waals surface area contributed by atoms with E-state index in [1.807, 2.05) is 32.0 Å². The number of nitrogens with two attached hydrogens (primary N) is 1. The van der Waals surface area contributed by atoms with Crippen LogP contribution in [0.1, 0.15) is 30.8 Å². The molecule has 0 fully saturated rings. The molecule has 0 spiro atoms. The third-order valence-electron chi connectivity index (χ3n) is 2.77. The molecule has 0 radical (unpaired) electrons. The van der Waals surface area contributed by atoms with Crippen LogP contribution in [0.4, 0.5) is 4.79 Å². The summed E-state index contributed by atoms with van der Waals surface area (Å²) in [6, 6.07) is 4.89. The lowest BCUT2D eigenvalue weighted by Gasteiger charge is -2.19. The molecule has 104 valence electrons. The summed E-state index contributed by atoms with van der Waals surface area (Å²) in [5.74, 6) is -0.253. The Labute approximate surface area is 113 Å². The minimum atomic E-state index is -0.628. The molecule has 0 aliphatic rings. The average Bonchev–Trinajstić information content (AvgIpc) is 2.35. The molecule has 19 heavy (non-hydrogen) atoms. The Hall–Kier alpha value is -2.11. The van der Waals surface area contributed by atoms with Gasteiger partial charge in [-0.15, -0.1) is 0 Å². The van der Waals surface area contributed by atoms with E-state index in [1.54, 1.807) is 0 Å². The quantitative estimate of drug-likeness (QED) is 0.830. The van der Waals surface area contributed by atoms with E-state index in [2.05, 4.69) is 10.3 Å². The highest BCUT2D eigenvalue weighted by Crippen LogP contribution is 2.14. The minimum Gasteiger partial charge on any atom is -0.351 e. The molecule has 0 saturated heterocycles. The Bertz CT molecular complexity index is 462. The van der Waals surface area contributed by atoms with Gasteiger partial charge in [0.1, 0.15) is 6.54 Å². The van der Waals surface area contributed by atoms with Crippen LogP contribution in [0.3, 0.4) is 0 Å². The van der Waals surface area contributed by atoms with Crippen molar-refractivity contribution in [2.75, 3.05) is 13.6 Å². The van der Waals surface area contributed by atoms with Crippen LogP contribution in [-0.2, 0) is 4.79 Å². The van der Waals surface area contributed by atoms with Gasteiger partial charge >= 0.3 is 6.03 Å². The average molecular weight is 264 g/mol. The lowest BCUT2D eigenvalue weighted by Crippen LogP contribution is -2.42. The van der Waals surface area contributed by atoms with Crippen molar-refractivity contribution >= 4 is 11.9 Å². The normalized spacial score (nSPS) is 11.7. The van der Waals surface area contributed by atoms with Crippen LogP contribution in [0.2, 0.25) is 0 Å². The first-order valence-corrected chi connectivity index (χ1v) is 6.17. The Kier molecular flexibility index (Phi) is 5.29. The van der Waals surface area contributed by atoms with E-state index in [9.17, 15) is 9.59 Å². The van der Waals surface area contributed by atoms with Crippen LogP contribution >= 0.6 is 0 Å². The summed E-state index contributed by atoms with van der Waals surface area (Å²) < 4.78 is 0. The number of carbonyl (C=O) groups excluding carboxylic acids is 2. The van der Waals surface area contributed by atoms with Crippen molar-refractivity contribution in [3.05, 3.63) is 29.6 Å². The molecule has 6 nitrogen and oxygen atoms in total. The standard InChI is InChI=1S/C13H20N4O2/c1-4-10(11-7-5-6-9(2)15-11)16-12(18)8-17(3)13(14)19/h5-7,10H,4,8H2,1-3H3,(H2,14,19)(H,16,18)/t10-/m0/s1. The highest BCUT2D eigenvalue weighted by molar-refractivity contribution is 5.83. The van der Waals surface area contributed by atoms with Crippen molar-refractivity contribution in [2.24, 2.45) is 5.73 Å². The predicted molar refractivity (Wildman–Crippen MR) is 72.4 cm³/mol. The first-order chi connectivity index (χ1) is 8.93. The molecule has 1 aromatic heterocycles. The number of amides is 3. The third kappa shape index (κ3) is 4.57. The summed E-state index contributed by atoms with van der Waals surface area (Å²) in [4.78, 5) is 28.2. The molecule has 0 aliphatic heterocycles. The fourth-order valence-electron chi connectivity index (χ4n) is 1.68. The number of nitrogens with one attached hydrogen (secondary N) is 1. The number of aryl methyl sites for hydroxylation is 1. The molecule has 1 aromatic rings. The van der Waals surface area contributed by atoms with Gasteiger partial charge in [0.2, 0.25) is 5.91 Å². The van der Waals surface area contributed by atoms with Crippen LogP contribution in [0, 0.1) is 6.92 Å². The Morgan fingerprint density at radius 2 is 2.16 bits per heavy atom. The van der Waals surface area contributed by atoms with Crippen molar-refractivity contribution in [1.82, 2.24) is 15.2 Å². The van der Waals surface area contributed by atoms with Crippen LogP contribution in [-0.4, -0.2) is 35.4 Å². The molecule has 3 N–H and O–H groups in total. The first-order valence-electron chi connectivity index (χ1n) is 6.17. The van der Waals surface area contributed by atoms with Gasteiger partial charge < -0.3 is 16.0 Å². The number of carbonyl (C=O) groups is 2. The molecule has 1 atom stereocenters. The summed E-state index contributed by atoms with van der Waals surface area (Å²) in [7, 11) is 1.48. The number of urea groups is 1. The number of pyridine rings is 1. The van der Waals surface area contributed by atoms with E-state index < -0.39 is 6.03 Å². The van der Waals surface area contributed by atoms with Gasteiger partial charge in [-0.25, -0.2) is 4.79 Å². The van der Waals surface area contributed by atoms with E-state index in [0.717, 1.165) is 22.7 Å². The van der Waals surface area contributed by atoms with Crippen molar-refractivity contribution in [2.45, 2.75) is 26.3 Å². The highest BCUT2D eigenvalue weighted by atomic mass is 16.2. The van der Waals surface area contributed by atoms with Gasteiger partial charge in [0, 0.05) is 12.7 Å². The van der Waals surface area contributed by atoms with Crippen LogP contribution in [0.25, 0.3) is 0 Å². The van der Waals surface area contributed by atoms with Gasteiger partial charge in [-0.3, -0.25) is 9.78 Å². The minimum absolute atomic E-state index is 0.0579. The van der Waals surface area contributed by atoms with Crippen LogP contribution in [0.5, 0.6) is 0 Å². The number of primary amides is 1. The van der Waals surface area contributed by atoms with Crippen molar-refractivity contribution in [3.8, 4) is 0 Å². The summed E-state index contributed by atoms with van der Waals surface area (Å²) >= 11 is 0. The molecule has 6 heteroatoms. The fourth-order valence-corrected chi connectivity index (χ4v) is 1.68. The maximum absolute atomic E-state index is 11.8. The number of aromatic nitrogens is 1. The van der Waals surface area contributed by atoms with Crippen molar-refractivity contribution in [1.29, 1.82) is 0 Å². The number of hydrogen-bond donors (Lipinski definition) is 2. The second kappa shape index (κ2) is 6.72. The van der Waals surface area contributed by atoms with E-state index in [1.165, 1.54) is 7.05 Å². The van der Waals surface area contributed by atoms with Gasteiger partial charge in [0.05, 0.1) is 11.7 Å². The zero-order chi connectivity index (χ0) is 14.4. The van der Waals surface area contributed by atoms with Crippen LogP contribution in [0.15, 0.2) is 18.2 Å².